The normalized spacial score (nSPS) is 12.8. The number of hydrogen-bond acceptors (Lipinski definition) is 3. The van der Waals surface area contributed by atoms with E-state index in [1.807, 2.05) is 30.3 Å². The maximum absolute atomic E-state index is 6.02. The zero-order valence-corrected chi connectivity index (χ0v) is 14.3. The fraction of sp³-hybridized carbons (Fsp3) is 0.125. The minimum Gasteiger partial charge on any atom is -0.459 e. The number of nitrogens with two attached hydrogens (primary N) is 1. The highest BCUT2D eigenvalue weighted by molar-refractivity contribution is 14.1. The highest BCUT2D eigenvalue weighted by Gasteiger charge is 2.20. The van der Waals surface area contributed by atoms with Gasteiger partial charge in [0.05, 0.1) is 0 Å². The van der Waals surface area contributed by atoms with Gasteiger partial charge >= 0.3 is 0 Å². The molecule has 0 fully saturated rings. The van der Waals surface area contributed by atoms with Crippen molar-refractivity contribution in [3.05, 3.63) is 67.9 Å². The Morgan fingerprint density at radius 1 is 1.24 bits per heavy atom. The van der Waals surface area contributed by atoms with Crippen molar-refractivity contribution in [2.75, 3.05) is 0 Å². The van der Waals surface area contributed by atoms with Gasteiger partial charge in [0, 0.05) is 14.0 Å². The summed E-state index contributed by atoms with van der Waals surface area (Å²) in [7, 11) is 0. The van der Waals surface area contributed by atoms with Gasteiger partial charge in [-0.15, -0.1) is 0 Å². The van der Waals surface area contributed by atoms with Crippen LogP contribution in [0.5, 0.6) is 0 Å². The van der Waals surface area contributed by atoms with E-state index in [1.54, 1.807) is 0 Å². The molecule has 21 heavy (non-hydrogen) atoms. The van der Waals surface area contributed by atoms with Crippen LogP contribution in [0.1, 0.15) is 22.9 Å². The van der Waals surface area contributed by atoms with Gasteiger partial charge in [-0.3, -0.25) is 5.84 Å². The summed E-state index contributed by atoms with van der Waals surface area (Å²) in [4.78, 5) is 0. The molecule has 0 aliphatic heterocycles. The van der Waals surface area contributed by atoms with Gasteiger partial charge in [0.2, 0.25) is 0 Å². The van der Waals surface area contributed by atoms with Crippen LogP contribution in [0, 0.1) is 10.5 Å². The number of nitrogens with one attached hydrogen (secondary N) is 1. The summed E-state index contributed by atoms with van der Waals surface area (Å²) in [6.45, 7) is 2.08. The second kappa shape index (κ2) is 5.96. The lowest BCUT2D eigenvalue weighted by Gasteiger charge is -2.16. The lowest BCUT2D eigenvalue weighted by Crippen LogP contribution is -2.29. The Balaban J connectivity index is 2.11. The first-order valence-corrected chi connectivity index (χ1v) is 7.96. The van der Waals surface area contributed by atoms with Crippen molar-refractivity contribution in [1.29, 1.82) is 0 Å². The Hall–Kier alpha value is -1.08. The standard InChI is InChI=1S/C16H14ClIN2O/c1-9-3-2-4-12(15(9)18)16(20-19)14-8-10-7-11(17)5-6-13(10)21-14/h2-8,16,20H,19H2,1H3. The van der Waals surface area contributed by atoms with Crippen LogP contribution in [-0.2, 0) is 0 Å². The van der Waals surface area contributed by atoms with Crippen molar-refractivity contribution >= 4 is 45.2 Å². The molecule has 0 radical (unpaired) electrons. The van der Waals surface area contributed by atoms with E-state index in [2.05, 4.69) is 47.1 Å². The van der Waals surface area contributed by atoms with Crippen molar-refractivity contribution in [2.45, 2.75) is 13.0 Å². The maximum atomic E-state index is 6.02. The molecule has 1 aromatic heterocycles. The molecule has 0 saturated carbocycles. The summed E-state index contributed by atoms with van der Waals surface area (Å²) in [6, 6.07) is 13.5. The molecule has 1 heterocycles. The van der Waals surface area contributed by atoms with E-state index in [4.69, 9.17) is 21.9 Å². The molecule has 0 amide bonds. The molecular formula is C16H14ClIN2O. The van der Waals surface area contributed by atoms with Gasteiger partial charge in [0.25, 0.3) is 0 Å². The highest BCUT2D eigenvalue weighted by atomic mass is 127. The van der Waals surface area contributed by atoms with Crippen LogP contribution >= 0.6 is 34.2 Å². The zero-order valence-electron chi connectivity index (χ0n) is 11.4. The fourth-order valence-corrected chi connectivity index (χ4v) is 3.25. The number of furan rings is 1. The van der Waals surface area contributed by atoms with Crippen LogP contribution in [0.2, 0.25) is 5.02 Å². The van der Waals surface area contributed by atoms with E-state index >= 15 is 0 Å². The molecule has 3 rings (SSSR count). The molecule has 1 atom stereocenters. The summed E-state index contributed by atoms with van der Waals surface area (Å²) >= 11 is 8.36. The predicted octanol–water partition coefficient (Wildman–Crippen LogP) is 4.55. The third-order valence-corrected chi connectivity index (χ3v) is 5.19. The van der Waals surface area contributed by atoms with Crippen LogP contribution < -0.4 is 11.3 Å². The summed E-state index contributed by atoms with van der Waals surface area (Å²) in [5.41, 5.74) is 5.97. The van der Waals surface area contributed by atoms with Crippen molar-refractivity contribution in [3.8, 4) is 0 Å². The van der Waals surface area contributed by atoms with Gasteiger partial charge in [0.15, 0.2) is 0 Å². The Bertz CT molecular complexity index is 800. The number of halogens is 2. The van der Waals surface area contributed by atoms with Gasteiger partial charge in [-0.05, 0) is 64.9 Å². The lowest BCUT2D eigenvalue weighted by molar-refractivity contribution is 0.476. The fourth-order valence-electron chi connectivity index (χ4n) is 2.40. The molecule has 5 heteroatoms. The first-order chi connectivity index (χ1) is 10.1. The molecule has 0 aliphatic carbocycles. The van der Waals surface area contributed by atoms with Crippen molar-refractivity contribution in [2.24, 2.45) is 5.84 Å². The third-order valence-electron chi connectivity index (χ3n) is 3.48. The summed E-state index contributed by atoms with van der Waals surface area (Å²) in [5, 5.41) is 1.66. The molecule has 3 aromatic rings. The highest BCUT2D eigenvalue weighted by Crippen LogP contribution is 2.32. The minimum absolute atomic E-state index is 0.192. The maximum Gasteiger partial charge on any atom is 0.134 e. The second-order valence-electron chi connectivity index (χ2n) is 4.91. The number of benzene rings is 2. The monoisotopic (exact) mass is 412 g/mol. The van der Waals surface area contributed by atoms with E-state index < -0.39 is 0 Å². The number of fused-ring (bicyclic) bond motifs is 1. The Kier molecular flexibility index (Phi) is 4.21. The van der Waals surface area contributed by atoms with E-state index in [0.29, 0.717) is 5.02 Å². The van der Waals surface area contributed by atoms with Crippen LogP contribution in [0.25, 0.3) is 11.0 Å². The van der Waals surface area contributed by atoms with E-state index in [0.717, 1.165) is 22.3 Å². The molecule has 2 aromatic carbocycles. The average Bonchev–Trinajstić information content (AvgIpc) is 2.87. The van der Waals surface area contributed by atoms with E-state index in [1.165, 1.54) is 9.13 Å². The topological polar surface area (TPSA) is 51.2 Å². The smallest absolute Gasteiger partial charge is 0.134 e. The minimum atomic E-state index is -0.192. The number of hydrazine groups is 1. The van der Waals surface area contributed by atoms with Gasteiger partial charge in [0.1, 0.15) is 17.4 Å². The Morgan fingerprint density at radius 3 is 2.81 bits per heavy atom. The zero-order chi connectivity index (χ0) is 15.0. The molecule has 3 N–H and O–H groups in total. The molecule has 0 bridgehead atoms. The summed E-state index contributed by atoms with van der Waals surface area (Å²) in [5.74, 6) is 6.54. The van der Waals surface area contributed by atoms with Crippen molar-refractivity contribution in [3.63, 3.8) is 0 Å². The molecule has 0 spiro atoms. The second-order valence-corrected chi connectivity index (χ2v) is 6.42. The van der Waals surface area contributed by atoms with Crippen molar-refractivity contribution in [1.82, 2.24) is 5.43 Å². The molecule has 0 saturated heterocycles. The van der Waals surface area contributed by atoms with Gasteiger partial charge in [-0.2, -0.15) is 0 Å². The largest absolute Gasteiger partial charge is 0.459 e. The molecule has 1 unspecified atom stereocenters. The third kappa shape index (κ3) is 2.81. The van der Waals surface area contributed by atoms with Gasteiger partial charge in [-0.25, -0.2) is 5.43 Å². The van der Waals surface area contributed by atoms with Crippen LogP contribution in [-0.4, -0.2) is 0 Å². The molecule has 108 valence electrons. The SMILES string of the molecule is Cc1cccc(C(NN)c2cc3cc(Cl)ccc3o2)c1I. The van der Waals surface area contributed by atoms with Crippen LogP contribution in [0.15, 0.2) is 46.9 Å². The number of aryl methyl sites for hydroxylation is 1. The summed E-state index contributed by atoms with van der Waals surface area (Å²) < 4.78 is 7.10. The lowest BCUT2D eigenvalue weighted by atomic mass is 10.0. The molecule has 0 aliphatic rings. The summed E-state index contributed by atoms with van der Waals surface area (Å²) in [6.07, 6.45) is 0. The first-order valence-electron chi connectivity index (χ1n) is 6.50. The average molecular weight is 413 g/mol. The van der Waals surface area contributed by atoms with Gasteiger partial charge < -0.3 is 4.42 Å². The molecular weight excluding hydrogens is 399 g/mol. The van der Waals surface area contributed by atoms with E-state index in [9.17, 15) is 0 Å². The quantitative estimate of drug-likeness (QED) is 0.377. The van der Waals surface area contributed by atoms with Gasteiger partial charge in [-0.1, -0.05) is 29.8 Å². The Morgan fingerprint density at radius 2 is 2.05 bits per heavy atom. The van der Waals surface area contributed by atoms with Crippen LogP contribution in [0.3, 0.4) is 0 Å². The first kappa shape index (κ1) is 14.8. The van der Waals surface area contributed by atoms with Crippen LogP contribution in [0.4, 0.5) is 0 Å². The Labute approximate surface area is 141 Å². The molecule has 3 nitrogen and oxygen atoms in total. The number of hydrogen-bond donors (Lipinski definition) is 2. The number of rotatable bonds is 3. The predicted molar refractivity (Wildman–Crippen MR) is 94.3 cm³/mol. The van der Waals surface area contributed by atoms with E-state index in [-0.39, 0.29) is 6.04 Å². The van der Waals surface area contributed by atoms with Crippen molar-refractivity contribution < 1.29 is 4.42 Å².